The van der Waals surface area contributed by atoms with Crippen LogP contribution in [0.3, 0.4) is 0 Å². The average molecular weight is 353 g/mol. The maximum atomic E-state index is 11.5. The third-order valence-corrected chi connectivity index (χ3v) is 4.29. The van der Waals surface area contributed by atoms with E-state index in [0.29, 0.717) is 10.7 Å². The molecule has 5 heteroatoms. The Morgan fingerprint density at radius 1 is 0.880 bits per heavy atom. The molecular weight excluding hydrogens is 336 g/mol. The van der Waals surface area contributed by atoms with Crippen LogP contribution in [0.15, 0.2) is 66.7 Å². The van der Waals surface area contributed by atoms with Crippen molar-refractivity contribution in [3.8, 4) is 11.1 Å². The maximum absolute atomic E-state index is 11.5. The van der Waals surface area contributed by atoms with Gasteiger partial charge in [-0.05, 0) is 29.8 Å². The van der Waals surface area contributed by atoms with Gasteiger partial charge in [-0.1, -0.05) is 54.1 Å². The van der Waals surface area contributed by atoms with Gasteiger partial charge in [0.05, 0.1) is 22.0 Å². The molecule has 25 heavy (non-hydrogen) atoms. The fourth-order valence-electron chi connectivity index (χ4n) is 2.68. The summed E-state index contributed by atoms with van der Waals surface area (Å²) in [4.78, 5) is 11.5. The van der Waals surface area contributed by atoms with E-state index in [1.807, 2.05) is 49.5 Å². The summed E-state index contributed by atoms with van der Waals surface area (Å²) in [6.07, 6.45) is 0. The number of hydrogen-bond acceptors (Lipinski definition) is 3. The number of para-hydroxylation sites is 1. The van der Waals surface area contributed by atoms with E-state index in [9.17, 15) is 9.90 Å². The largest absolute Gasteiger partial charge is 0.478 e. The lowest BCUT2D eigenvalue weighted by Gasteiger charge is -2.17. The molecule has 0 aliphatic rings. The highest BCUT2D eigenvalue weighted by atomic mass is 35.5. The summed E-state index contributed by atoms with van der Waals surface area (Å²) < 4.78 is 0. The second kappa shape index (κ2) is 7.28. The van der Waals surface area contributed by atoms with E-state index in [2.05, 4.69) is 10.6 Å². The van der Waals surface area contributed by atoms with Crippen LogP contribution in [0.25, 0.3) is 11.1 Å². The van der Waals surface area contributed by atoms with Crippen LogP contribution >= 0.6 is 11.6 Å². The third kappa shape index (κ3) is 3.44. The van der Waals surface area contributed by atoms with Crippen molar-refractivity contribution in [3.63, 3.8) is 0 Å². The zero-order valence-corrected chi connectivity index (χ0v) is 14.3. The van der Waals surface area contributed by atoms with Crippen molar-refractivity contribution < 1.29 is 9.90 Å². The number of nitrogens with one attached hydrogen (secondary N) is 2. The van der Waals surface area contributed by atoms with Gasteiger partial charge in [-0.2, -0.15) is 0 Å². The topological polar surface area (TPSA) is 61.4 Å². The first-order valence-corrected chi connectivity index (χ1v) is 8.14. The summed E-state index contributed by atoms with van der Waals surface area (Å²) >= 11 is 6.60. The lowest BCUT2D eigenvalue weighted by Crippen LogP contribution is -2.04. The minimum Gasteiger partial charge on any atom is -0.478 e. The maximum Gasteiger partial charge on any atom is 0.337 e. The van der Waals surface area contributed by atoms with Crippen molar-refractivity contribution in [2.45, 2.75) is 0 Å². The highest BCUT2D eigenvalue weighted by molar-refractivity contribution is 6.36. The summed E-state index contributed by atoms with van der Waals surface area (Å²) in [5.41, 5.74) is 4.02. The molecule has 0 atom stereocenters. The summed E-state index contributed by atoms with van der Waals surface area (Å²) in [5, 5.41) is 16.3. The zero-order chi connectivity index (χ0) is 17.8. The van der Waals surface area contributed by atoms with Crippen molar-refractivity contribution in [1.82, 2.24) is 0 Å². The van der Waals surface area contributed by atoms with Gasteiger partial charge in [-0.25, -0.2) is 4.79 Å². The Kier molecular flexibility index (Phi) is 4.91. The van der Waals surface area contributed by atoms with Crippen LogP contribution in [-0.2, 0) is 0 Å². The molecule has 126 valence electrons. The van der Waals surface area contributed by atoms with Crippen LogP contribution < -0.4 is 10.6 Å². The molecule has 0 radical (unpaired) electrons. The summed E-state index contributed by atoms with van der Waals surface area (Å²) in [6, 6.07) is 20.3. The molecule has 0 saturated heterocycles. The smallest absolute Gasteiger partial charge is 0.337 e. The molecule has 3 rings (SSSR count). The first-order valence-electron chi connectivity index (χ1n) is 7.77. The quantitative estimate of drug-likeness (QED) is 0.568. The van der Waals surface area contributed by atoms with Gasteiger partial charge in [0.15, 0.2) is 0 Å². The molecule has 0 saturated carbocycles. The van der Waals surface area contributed by atoms with Crippen LogP contribution in [0, 0.1) is 0 Å². The van der Waals surface area contributed by atoms with Gasteiger partial charge in [0, 0.05) is 18.3 Å². The predicted octanol–water partition coefficient (Wildman–Crippen LogP) is 5.49. The zero-order valence-electron chi connectivity index (χ0n) is 13.6. The lowest BCUT2D eigenvalue weighted by atomic mass is 10.0. The van der Waals surface area contributed by atoms with Crippen LogP contribution in [-0.4, -0.2) is 18.1 Å². The van der Waals surface area contributed by atoms with Crippen LogP contribution in [0.4, 0.5) is 17.1 Å². The third-order valence-electron chi connectivity index (χ3n) is 3.90. The number of carboxylic acid groups (broad SMARTS) is 1. The molecule has 4 nitrogen and oxygen atoms in total. The van der Waals surface area contributed by atoms with Crippen molar-refractivity contribution in [1.29, 1.82) is 0 Å². The molecule has 0 aliphatic carbocycles. The number of benzene rings is 3. The molecule has 0 bridgehead atoms. The Bertz CT molecular complexity index is 911. The van der Waals surface area contributed by atoms with Gasteiger partial charge in [-0.3, -0.25) is 0 Å². The molecule has 0 aromatic heterocycles. The molecular formula is C20H17ClN2O2. The first-order chi connectivity index (χ1) is 12.1. The number of carboxylic acids is 1. The van der Waals surface area contributed by atoms with Gasteiger partial charge in [-0.15, -0.1) is 0 Å². The van der Waals surface area contributed by atoms with Crippen LogP contribution in [0.1, 0.15) is 10.4 Å². The fraction of sp³-hybridized carbons (Fsp3) is 0.0500. The SMILES string of the molecule is CNc1ccc(Nc2ccccc2C(=O)O)c(-c2ccccc2)c1Cl. The molecule has 0 unspecified atom stereocenters. The highest BCUT2D eigenvalue weighted by Gasteiger charge is 2.16. The minimum atomic E-state index is -0.984. The van der Waals surface area contributed by atoms with Gasteiger partial charge in [0.2, 0.25) is 0 Å². The number of aromatic carboxylic acids is 1. The average Bonchev–Trinajstić information content (AvgIpc) is 2.63. The molecule has 0 heterocycles. The lowest BCUT2D eigenvalue weighted by molar-refractivity contribution is 0.0698. The molecule has 3 aromatic rings. The number of anilines is 3. The second-order valence-electron chi connectivity index (χ2n) is 5.44. The van der Waals surface area contributed by atoms with Crippen molar-refractivity contribution in [3.05, 3.63) is 77.3 Å². The Morgan fingerprint density at radius 3 is 2.20 bits per heavy atom. The molecule has 0 spiro atoms. The van der Waals surface area contributed by atoms with Crippen LogP contribution in [0.5, 0.6) is 0 Å². The number of rotatable bonds is 5. The molecule has 3 aromatic carbocycles. The molecule has 0 fully saturated rings. The van der Waals surface area contributed by atoms with E-state index in [1.165, 1.54) is 0 Å². The van der Waals surface area contributed by atoms with Crippen molar-refractivity contribution >= 4 is 34.6 Å². The monoisotopic (exact) mass is 352 g/mol. The Balaban J connectivity index is 2.14. The van der Waals surface area contributed by atoms with E-state index in [4.69, 9.17) is 11.6 Å². The van der Waals surface area contributed by atoms with E-state index < -0.39 is 5.97 Å². The summed E-state index contributed by atoms with van der Waals surface area (Å²) in [6.45, 7) is 0. The minimum absolute atomic E-state index is 0.204. The summed E-state index contributed by atoms with van der Waals surface area (Å²) in [5.74, 6) is -0.984. The standard InChI is InChI=1S/C20H17ClN2O2/c1-22-17-12-11-16(18(19(17)21)13-7-3-2-4-8-13)23-15-10-6-5-9-14(15)20(24)25/h2-12,22-23H,1H3,(H,24,25). The van der Waals surface area contributed by atoms with Gasteiger partial charge < -0.3 is 15.7 Å². The number of carbonyl (C=O) groups is 1. The highest BCUT2D eigenvalue weighted by Crippen LogP contribution is 2.41. The normalized spacial score (nSPS) is 10.3. The van der Waals surface area contributed by atoms with Crippen molar-refractivity contribution in [2.24, 2.45) is 0 Å². The molecule has 3 N–H and O–H groups in total. The van der Waals surface area contributed by atoms with Crippen molar-refractivity contribution in [2.75, 3.05) is 17.7 Å². The van der Waals surface area contributed by atoms with Gasteiger partial charge in [0.1, 0.15) is 0 Å². The van der Waals surface area contributed by atoms with Gasteiger partial charge in [0.25, 0.3) is 0 Å². The summed E-state index contributed by atoms with van der Waals surface area (Å²) in [7, 11) is 1.81. The molecule has 0 aliphatic heterocycles. The Labute approximate surface area is 151 Å². The van der Waals surface area contributed by atoms with Crippen LogP contribution in [0.2, 0.25) is 5.02 Å². The Morgan fingerprint density at radius 2 is 1.52 bits per heavy atom. The van der Waals surface area contributed by atoms with Gasteiger partial charge >= 0.3 is 5.97 Å². The number of halogens is 1. The fourth-order valence-corrected chi connectivity index (χ4v) is 3.05. The van der Waals surface area contributed by atoms with E-state index >= 15 is 0 Å². The number of hydrogen-bond donors (Lipinski definition) is 3. The van der Waals surface area contributed by atoms with E-state index in [0.717, 1.165) is 22.5 Å². The first kappa shape index (κ1) is 16.9. The van der Waals surface area contributed by atoms with E-state index in [1.54, 1.807) is 24.3 Å². The predicted molar refractivity (Wildman–Crippen MR) is 103 cm³/mol. The Hall–Kier alpha value is -2.98. The molecule has 0 amide bonds. The van der Waals surface area contributed by atoms with E-state index in [-0.39, 0.29) is 5.56 Å². The second-order valence-corrected chi connectivity index (χ2v) is 5.82.